The minimum Gasteiger partial charge on any atom is -0.325 e. The van der Waals surface area contributed by atoms with Crippen molar-refractivity contribution in [2.75, 3.05) is 5.32 Å². The molecule has 1 aromatic carbocycles. The average Bonchev–Trinajstić information content (AvgIpc) is 2.34. The lowest BCUT2D eigenvalue weighted by Crippen LogP contribution is -2.17. The van der Waals surface area contributed by atoms with Gasteiger partial charge in [-0.05, 0) is 18.2 Å². The zero-order chi connectivity index (χ0) is 13.1. The monoisotopic (exact) mass is 283 g/mol. The Morgan fingerprint density at radius 1 is 1.33 bits per heavy atom. The number of nitrogens with one attached hydrogen (secondary N) is 2. The van der Waals surface area contributed by atoms with Crippen molar-refractivity contribution in [1.29, 1.82) is 0 Å². The maximum Gasteiger partial charge on any atom is 0.275 e. The predicted molar refractivity (Wildman–Crippen MR) is 69.3 cm³/mol. The Hall–Kier alpha value is -1.85. The van der Waals surface area contributed by atoms with Crippen LogP contribution >= 0.6 is 23.2 Å². The number of hydrogen-bond donors (Lipinski definition) is 2. The van der Waals surface area contributed by atoms with Gasteiger partial charge < -0.3 is 10.3 Å². The summed E-state index contributed by atoms with van der Waals surface area (Å²) in [5.74, 6) is -0.490. The highest BCUT2D eigenvalue weighted by molar-refractivity contribution is 6.35. The number of hydrogen-bond acceptors (Lipinski definition) is 3. The SMILES string of the molecule is O=C(Nc1cc(Cl)ccc1Cl)c1c[nH]c(=O)cn1. The first-order valence-electron chi connectivity index (χ1n) is 4.87. The van der Waals surface area contributed by atoms with Crippen LogP contribution in [-0.4, -0.2) is 15.9 Å². The molecule has 0 atom stereocenters. The Balaban J connectivity index is 2.23. The van der Waals surface area contributed by atoms with Crippen molar-refractivity contribution in [3.05, 3.63) is 56.7 Å². The van der Waals surface area contributed by atoms with E-state index in [4.69, 9.17) is 23.2 Å². The Morgan fingerprint density at radius 3 is 2.78 bits per heavy atom. The van der Waals surface area contributed by atoms with Crippen molar-refractivity contribution in [2.45, 2.75) is 0 Å². The zero-order valence-electron chi connectivity index (χ0n) is 8.91. The second kappa shape index (κ2) is 5.20. The third-order valence-electron chi connectivity index (χ3n) is 2.08. The van der Waals surface area contributed by atoms with E-state index in [-0.39, 0.29) is 11.3 Å². The van der Waals surface area contributed by atoms with Crippen LogP contribution in [0.3, 0.4) is 0 Å². The van der Waals surface area contributed by atoms with Gasteiger partial charge in [-0.15, -0.1) is 0 Å². The fourth-order valence-corrected chi connectivity index (χ4v) is 1.58. The number of amides is 1. The highest BCUT2D eigenvalue weighted by atomic mass is 35.5. The molecule has 0 fully saturated rings. The molecule has 1 amide bonds. The first-order valence-corrected chi connectivity index (χ1v) is 5.63. The lowest BCUT2D eigenvalue weighted by atomic mass is 10.3. The number of rotatable bonds is 2. The number of benzene rings is 1. The number of halogens is 2. The highest BCUT2D eigenvalue weighted by Crippen LogP contribution is 2.25. The van der Waals surface area contributed by atoms with Crippen LogP contribution in [0.4, 0.5) is 5.69 Å². The molecule has 1 aromatic heterocycles. The molecule has 2 rings (SSSR count). The highest BCUT2D eigenvalue weighted by Gasteiger charge is 2.10. The van der Waals surface area contributed by atoms with Gasteiger partial charge in [0.05, 0.1) is 16.9 Å². The van der Waals surface area contributed by atoms with Crippen LogP contribution in [0, 0.1) is 0 Å². The van der Waals surface area contributed by atoms with E-state index < -0.39 is 5.91 Å². The molecule has 5 nitrogen and oxygen atoms in total. The summed E-state index contributed by atoms with van der Waals surface area (Å²) in [6.07, 6.45) is 2.24. The number of carbonyl (C=O) groups is 1. The van der Waals surface area contributed by atoms with Crippen LogP contribution in [0.15, 0.2) is 35.4 Å². The van der Waals surface area contributed by atoms with Gasteiger partial charge in [0, 0.05) is 11.2 Å². The fourth-order valence-electron chi connectivity index (χ4n) is 1.25. The largest absolute Gasteiger partial charge is 0.325 e. The summed E-state index contributed by atoms with van der Waals surface area (Å²) < 4.78 is 0. The summed E-state index contributed by atoms with van der Waals surface area (Å²) in [7, 11) is 0. The number of carbonyl (C=O) groups excluding carboxylic acids is 1. The Labute approximate surface area is 112 Å². The van der Waals surface area contributed by atoms with Gasteiger partial charge >= 0.3 is 0 Å². The number of H-pyrrole nitrogens is 1. The van der Waals surface area contributed by atoms with Crippen LogP contribution in [0.5, 0.6) is 0 Å². The quantitative estimate of drug-likeness (QED) is 0.888. The summed E-state index contributed by atoms with van der Waals surface area (Å²) in [6, 6.07) is 4.70. The van der Waals surface area contributed by atoms with Gasteiger partial charge in [-0.25, -0.2) is 4.98 Å². The standard InChI is InChI=1S/C11H7Cl2N3O2/c12-6-1-2-7(13)8(3-6)16-11(18)9-4-15-10(17)5-14-9/h1-5H,(H,15,17)(H,16,18). The zero-order valence-corrected chi connectivity index (χ0v) is 10.4. The second-order valence-corrected chi connectivity index (χ2v) is 4.22. The molecule has 2 N–H and O–H groups in total. The summed E-state index contributed by atoms with van der Waals surface area (Å²) in [5.41, 5.74) is 0.0696. The lowest BCUT2D eigenvalue weighted by molar-refractivity contribution is 0.102. The van der Waals surface area contributed by atoms with E-state index in [1.807, 2.05) is 0 Å². The van der Waals surface area contributed by atoms with Gasteiger partial charge in [0.15, 0.2) is 0 Å². The van der Waals surface area contributed by atoms with Gasteiger partial charge in [-0.2, -0.15) is 0 Å². The maximum absolute atomic E-state index is 11.8. The van der Waals surface area contributed by atoms with E-state index in [1.165, 1.54) is 12.3 Å². The third kappa shape index (κ3) is 2.88. The molecule has 0 spiro atoms. The topological polar surface area (TPSA) is 74.8 Å². The van der Waals surface area contributed by atoms with Crippen molar-refractivity contribution in [2.24, 2.45) is 0 Å². The van der Waals surface area contributed by atoms with Crippen molar-refractivity contribution in [3.63, 3.8) is 0 Å². The van der Waals surface area contributed by atoms with E-state index in [0.29, 0.717) is 15.7 Å². The molecule has 0 aliphatic carbocycles. The van der Waals surface area contributed by atoms with Gasteiger partial charge in [-0.3, -0.25) is 9.59 Å². The summed E-state index contributed by atoms with van der Waals surface area (Å²) in [5, 5.41) is 3.35. The first-order chi connectivity index (χ1) is 8.56. The van der Waals surface area contributed by atoms with E-state index in [0.717, 1.165) is 6.20 Å². The van der Waals surface area contributed by atoms with Crippen molar-refractivity contribution in [3.8, 4) is 0 Å². The summed E-state index contributed by atoms with van der Waals surface area (Å²) >= 11 is 11.7. The van der Waals surface area contributed by atoms with Crippen LogP contribution in [-0.2, 0) is 0 Å². The van der Waals surface area contributed by atoms with Gasteiger partial charge in [0.25, 0.3) is 11.5 Å². The normalized spacial score (nSPS) is 10.1. The van der Waals surface area contributed by atoms with Crippen LogP contribution in [0.2, 0.25) is 10.0 Å². The van der Waals surface area contributed by atoms with E-state index in [9.17, 15) is 9.59 Å². The van der Waals surface area contributed by atoms with E-state index >= 15 is 0 Å². The molecule has 92 valence electrons. The summed E-state index contributed by atoms with van der Waals surface area (Å²) in [4.78, 5) is 28.7. The summed E-state index contributed by atoms with van der Waals surface area (Å²) in [6.45, 7) is 0. The van der Waals surface area contributed by atoms with Crippen molar-refractivity contribution < 1.29 is 4.79 Å². The molecule has 0 aliphatic rings. The molecule has 7 heteroatoms. The average molecular weight is 284 g/mol. The van der Waals surface area contributed by atoms with Crippen LogP contribution in [0.25, 0.3) is 0 Å². The first kappa shape index (κ1) is 12.6. The number of aromatic nitrogens is 2. The molecule has 18 heavy (non-hydrogen) atoms. The molecular formula is C11H7Cl2N3O2. The molecule has 0 aliphatic heterocycles. The predicted octanol–water partition coefficient (Wildman–Crippen LogP) is 2.33. The molecule has 0 bridgehead atoms. The Kier molecular flexibility index (Phi) is 3.64. The van der Waals surface area contributed by atoms with Crippen LogP contribution in [0.1, 0.15) is 10.5 Å². The molecule has 0 unspecified atom stereocenters. The molecule has 0 radical (unpaired) electrons. The van der Waals surface area contributed by atoms with Crippen molar-refractivity contribution >= 4 is 34.8 Å². The number of nitrogens with zero attached hydrogens (tertiary/aromatic N) is 1. The minimum atomic E-state index is -0.490. The molecule has 0 saturated heterocycles. The Bertz CT molecular complexity index is 634. The smallest absolute Gasteiger partial charge is 0.275 e. The second-order valence-electron chi connectivity index (χ2n) is 3.37. The lowest BCUT2D eigenvalue weighted by Gasteiger charge is -2.06. The van der Waals surface area contributed by atoms with Crippen LogP contribution < -0.4 is 10.9 Å². The Morgan fingerprint density at radius 2 is 2.11 bits per heavy atom. The maximum atomic E-state index is 11.8. The number of aromatic amines is 1. The minimum absolute atomic E-state index is 0.0747. The molecular weight excluding hydrogens is 277 g/mol. The third-order valence-corrected chi connectivity index (χ3v) is 2.65. The van der Waals surface area contributed by atoms with E-state index in [1.54, 1.807) is 12.1 Å². The van der Waals surface area contributed by atoms with Gasteiger partial charge in [-0.1, -0.05) is 23.2 Å². The van der Waals surface area contributed by atoms with Crippen molar-refractivity contribution in [1.82, 2.24) is 9.97 Å². The van der Waals surface area contributed by atoms with Gasteiger partial charge in [0.1, 0.15) is 5.69 Å². The fraction of sp³-hybridized carbons (Fsp3) is 0. The van der Waals surface area contributed by atoms with E-state index in [2.05, 4.69) is 15.3 Å². The van der Waals surface area contributed by atoms with Gasteiger partial charge in [0.2, 0.25) is 0 Å². The molecule has 0 saturated carbocycles. The molecule has 2 aromatic rings. The molecule has 1 heterocycles. The number of anilines is 1.